The van der Waals surface area contributed by atoms with E-state index in [4.69, 9.17) is 9.97 Å². The number of fused-ring (bicyclic) bond motifs is 14. The molecular formula is C52H28N4S. The largest absolute Gasteiger partial charge is 0.307 e. The van der Waals surface area contributed by atoms with Gasteiger partial charge in [-0.1, -0.05) is 146 Å². The molecule has 0 spiro atoms. The Kier molecular flexibility index (Phi) is 5.62. The molecule has 0 atom stereocenters. The summed E-state index contributed by atoms with van der Waals surface area (Å²) in [5.74, 6) is 0.674. The number of aromatic nitrogens is 4. The molecule has 4 nitrogen and oxygen atoms in total. The Morgan fingerprint density at radius 1 is 0.404 bits per heavy atom. The molecule has 0 radical (unpaired) electrons. The lowest BCUT2D eigenvalue weighted by atomic mass is 10.0. The summed E-state index contributed by atoms with van der Waals surface area (Å²) in [4.78, 5) is 11.2. The maximum atomic E-state index is 5.61. The van der Waals surface area contributed by atoms with Crippen molar-refractivity contribution in [2.45, 2.75) is 0 Å². The van der Waals surface area contributed by atoms with Gasteiger partial charge in [0.1, 0.15) is 0 Å². The second-order valence-electron chi connectivity index (χ2n) is 15.3. The number of nitrogens with zero attached hydrogens (tertiary/aromatic N) is 4. The normalized spacial score (nSPS) is 12.6. The Morgan fingerprint density at radius 2 is 1.04 bits per heavy atom. The lowest BCUT2D eigenvalue weighted by Crippen LogP contribution is -2.04. The van der Waals surface area contributed by atoms with Gasteiger partial charge in [-0.2, -0.15) is 0 Å². The van der Waals surface area contributed by atoms with Crippen molar-refractivity contribution in [1.82, 2.24) is 18.9 Å². The molecule has 0 unspecified atom stereocenters. The summed E-state index contributed by atoms with van der Waals surface area (Å²) >= 11 is 1.87. The third-order valence-corrected chi connectivity index (χ3v) is 13.6. The molecule has 9 aromatic carbocycles. The third-order valence-electron chi connectivity index (χ3n) is 12.4. The summed E-state index contributed by atoms with van der Waals surface area (Å²) in [5.41, 5.74) is 8.87. The van der Waals surface area contributed by atoms with Crippen molar-refractivity contribution in [1.29, 1.82) is 0 Å². The molecular weight excluding hydrogens is 713 g/mol. The van der Waals surface area contributed by atoms with Gasteiger partial charge in [-0.05, 0) is 40.4 Å². The van der Waals surface area contributed by atoms with E-state index in [0.29, 0.717) is 5.95 Å². The standard InChI is InChI=1S/C52H28N4S/c1-2-14-31(15-3-1)46-39-27-25-29-12-4-6-16-32(29)47(39)54-52(53-46)56-41-22-11-19-35-36-20-10-21-37-38-26-24-30-13-5-7-17-33(30)48(38)55(49(36)37)42-28-40-34-18-8-9-23-43(34)57-51(40)50(56)45(42)44(35)41/h1-28H. The predicted octanol–water partition coefficient (Wildman–Crippen LogP) is 14.2. The van der Waals surface area contributed by atoms with Crippen molar-refractivity contribution in [2.24, 2.45) is 0 Å². The Morgan fingerprint density at radius 3 is 1.89 bits per heavy atom. The van der Waals surface area contributed by atoms with Crippen molar-refractivity contribution >= 4 is 124 Å². The highest BCUT2D eigenvalue weighted by atomic mass is 32.1. The van der Waals surface area contributed by atoms with Crippen molar-refractivity contribution in [3.05, 3.63) is 170 Å². The fourth-order valence-corrected chi connectivity index (χ4v) is 11.3. The van der Waals surface area contributed by atoms with Crippen LogP contribution in [0.1, 0.15) is 0 Å². The first-order valence-electron chi connectivity index (χ1n) is 19.4. The minimum Gasteiger partial charge on any atom is -0.307 e. The third kappa shape index (κ3) is 3.77. The van der Waals surface area contributed by atoms with Gasteiger partial charge in [0.15, 0.2) is 0 Å². The Hall–Kier alpha value is -7.34. The number of thiophene rings is 1. The molecule has 5 heteroatoms. The van der Waals surface area contributed by atoms with Gasteiger partial charge in [-0.3, -0.25) is 4.57 Å². The molecule has 0 N–H and O–H groups in total. The van der Waals surface area contributed by atoms with E-state index < -0.39 is 0 Å². The average Bonchev–Trinajstić information content (AvgIpc) is 3.91. The van der Waals surface area contributed by atoms with Crippen molar-refractivity contribution in [3.63, 3.8) is 0 Å². The molecule has 14 rings (SSSR count). The molecule has 0 aliphatic heterocycles. The Labute approximate surface area is 328 Å². The van der Waals surface area contributed by atoms with E-state index in [0.717, 1.165) is 44.0 Å². The molecule has 57 heavy (non-hydrogen) atoms. The van der Waals surface area contributed by atoms with Gasteiger partial charge < -0.3 is 4.40 Å². The van der Waals surface area contributed by atoms with Gasteiger partial charge in [-0.25, -0.2) is 9.97 Å². The number of hydrogen-bond donors (Lipinski definition) is 0. The quantitative estimate of drug-likeness (QED) is 0.165. The second-order valence-corrected chi connectivity index (χ2v) is 16.3. The highest BCUT2D eigenvalue weighted by molar-refractivity contribution is 7.26. The van der Waals surface area contributed by atoms with Crippen molar-refractivity contribution < 1.29 is 0 Å². The van der Waals surface area contributed by atoms with Crippen LogP contribution in [-0.4, -0.2) is 18.9 Å². The number of benzene rings is 9. The number of hydrogen-bond acceptors (Lipinski definition) is 3. The smallest absolute Gasteiger partial charge is 0.235 e. The predicted molar refractivity (Wildman–Crippen MR) is 242 cm³/mol. The van der Waals surface area contributed by atoms with E-state index in [2.05, 4.69) is 179 Å². The van der Waals surface area contributed by atoms with Crippen LogP contribution < -0.4 is 0 Å². The minimum absolute atomic E-state index is 0.674. The Bertz CT molecular complexity index is 4040. The highest BCUT2D eigenvalue weighted by Gasteiger charge is 2.27. The first kappa shape index (κ1) is 29.9. The zero-order chi connectivity index (χ0) is 36.9. The van der Waals surface area contributed by atoms with Crippen LogP contribution in [-0.2, 0) is 0 Å². The van der Waals surface area contributed by atoms with Crippen LogP contribution in [0.4, 0.5) is 0 Å². The molecule has 0 amide bonds. The van der Waals surface area contributed by atoms with E-state index >= 15 is 0 Å². The van der Waals surface area contributed by atoms with Gasteiger partial charge in [0.05, 0.1) is 43.5 Å². The molecule has 0 aliphatic rings. The van der Waals surface area contributed by atoms with Gasteiger partial charge in [0, 0.05) is 64.1 Å². The van der Waals surface area contributed by atoms with Crippen LogP contribution >= 0.6 is 11.3 Å². The number of para-hydroxylation sites is 1. The zero-order valence-electron chi connectivity index (χ0n) is 30.4. The fraction of sp³-hybridized carbons (Fsp3) is 0. The van der Waals surface area contributed by atoms with E-state index in [-0.39, 0.29) is 0 Å². The summed E-state index contributed by atoms with van der Waals surface area (Å²) in [6, 6.07) is 62.0. The summed E-state index contributed by atoms with van der Waals surface area (Å²) in [6.07, 6.45) is 0. The van der Waals surface area contributed by atoms with Crippen LogP contribution in [0.25, 0.3) is 130 Å². The van der Waals surface area contributed by atoms with Crippen molar-refractivity contribution in [2.75, 3.05) is 0 Å². The molecule has 14 aromatic rings. The van der Waals surface area contributed by atoms with Crippen LogP contribution in [0.15, 0.2) is 170 Å². The monoisotopic (exact) mass is 740 g/mol. The van der Waals surface area contributed by atoms with Gasteiger partial charge in [0.25, 0.3) is 0 Å². The summed E-state index contributed by atoms with van der Waals surface area (Å²) in [7, 11) is 0. The summed E-state index contributed by atoms with van der Waals surface area (Å²) < 4.78 is 7.48. The van der Waals surface area contributed by atoms with Crippen LogP contribution in [0.3, 0.4) is 0 Å². The van der Waals surface area contributed by atoms with Crippen LogP contribution in [0.5, 0.6) is 0 Å². The maximum Gasteiger partial charge on any atom is 0.235 e. The molecule has 0 saturated heterocycles. The SMILES string of the molecule is c1ccc(-c2nc(-n3c4cccc5c6cccc7c8ccc9ccccc9c8n(c8cc9c%10ccccc%10sc9c3c8c54)c67)nc3c2ccc2ccccc23)cc1. The fourth-order valence-electron chi connectivity index (χ4n) is 10.1. The molecule has 262 valence electrons. The average molecular weight is 741 g/mol. The summed E-state index contributed by atoms with van der Waals surface area (Å²) in [6.45, 7) is 0. The Balaban J connectivity index is 1.30. The number of rotatable bonds is 2. The van der Waals surface area contributed by atoms with E-state index in [1.807, 2.05) is 11.3 Å². The minimum atomic E-state index is 0.674. The van der Waals surface area contributed by atoms with Gasteiger partial charge in [-0.15, -0.1) is 11.3 Å². The summed E-state index contributed by atoms with van der Waals surface area (Å²) in [5, 5.41) is 15.8. The first-order valence-corrected chi connectivity index (χ1v) is 20.2. The van der Waals surface area contributed by atoms with E-state index in [1.165, 1.54) is 79.8 Å². The van der Waals surface area contributed by atoms with E-state index in [9.17, 15) is 0 Å². The molecule has 0 aliphatic carbocycles. The molecule has 5 heterocycles. The second kappa shape index (κ2) is 10.7. The molecule has 0 bridgehead atoms. The van der Waals surface area contributed by atoms with Crippen LogP contribution in [0, 0.1) is 0 Å². The van der Waals surface area contributed by atoms with E-state index in [1.54, 1.807) is 0 Å². The molecule has 0 fully saturated rings. The lowest BCUT2D eigenvalue weighted by Gasteiger charge is -2.14. The van der Waals surface area contributed by atoms with Gasteiger partial charge in [0.2, 0.25) is 5.95 Å². The maximum absolute atomic E-state index is 5.61. The van der Waals surface area contributed by atoms with Crippen LogP contribution in [0.2, 0.25) is 0 Å². The molecule has 5 aromatic heterocycles. The highest BCUT2D eigenvalue weighted by Crippen LogP contribution is 2.50. The topological polar surface area (TPSA) is 35.1 Å². The lowest BCUT2D eigenvalue weighted by molar-refractivity contribution is 1.02. The first-order chi connectivity index (χ1) is 28.3. The van der Waals surface area contributed by atoms with Gasteiger partial charge >= 0.3 is 0 Å². The molecule has 0 saturated carbocycles. The van der Waals surface area contributed by atoms with Crippen molar-refractivity contribution in [3.8, 4) is 17.2 Å². The zero-order valence-corrected chi connectivity index (χ0v) is 31.2.